The number of hydrogen-bond acceptors (Lipinski definition) is 5. The van der Waals surface area contributed by atoms with Gasteiger partial charge in [-0.1, -0.05) is 42.5 Å². The predicted molar refractivity (Wildman–Crippen MR) is 115 cm³/mol. The lowest BCUT2D eigenvalue weighted by molar-refractivity contribution is -0.148. The van der Waals surface area contributed by atoms with Crippen molar-refractivity contribution in [3.05, 3.63) is 60.2 Å². The highest BCUT2D eigenvalue weighted by Gasteiger charge is 2.30. The molecule has 3 amide bonds. The van der Waals surface area contributed by atoms with Crippen LogP contribution in [0.25, 0.3) is 0 Å². The quantitative estimate of drug-likeness (QED) is 0.695. The number of anilines is 2. The lowest BCUT2D eigenvalue weighted by Crippen LogP contribution is -2.41. The number of esters is 1. The number of carbonyl (C=O) groups excluding carboxylic acids is 4. The van der Waals surface area contributed by atoms with E-state index in [4.69, 9.17) is 4.74 Å². The van der Waals surface area contributed by atoms with Gasteiger partial charge in [-0.25, -0.2) is 0 Å². The van der Waals surface area contributed by atoms with Gasteiger partial charge in [0.1, 0.15) is 0 Å². The summed E-state index contributed by atoms with van der Waals surface area (Å²) in [5, 5.41) is 5.51. The number of hydrogen-bond donors (Lipinski definition) is 2. The van der Waals surface area contributed by atoms with Crippen LogP contribution in [0.15, 0.2) is 54.6 Å². The molecule has 0 fully saturated rings. The summed E-state index contributed by atoms with van der Waals surface area (Å²) >= 11 is 0. The highest BCUT2D eigenvalue weighted by Crippen LogP contribution is 2.31. The Bertz CT molecular complexity index is 976. The van der Waals surface area contributed by atoms with Crippen LogP contribution < -0.4 is 15.5 Å². The Hall–Kier alpha value is -3.68. The summed E-state index contributed by atoms with van der Waals surface area (Å²) in [5.74, 6) is -1.50. The molecule has 0 saturated carbocycles. The van der Waals surface area contributed by atoms with E-state index in [9.17, 15) is 19.2 Å². The van der Waals surface area contributed by atoms with Crippen molar-refractivity contribution in [3.63, 3.8) is 0 Å². The molecule has 8 heteroatoms. The Morgan fingerprint density at radius 1 is 1.13 bits per heavy atom. The number of ether oxygens (including phenoxy) is 1. The highest BCUT2D eigenvalue weighted by atomic mass is 16.5. The fraction of sp³-hybridized carbons (Fsp3) is 0.304. The highest BCUT2D eigenvalue weighted by molar-refractivity contribution is 6.05. The molecule has 2 aromatic carbocycles. The number of nitrogens with one attached hydrogen (secondary N) is 2. The minimum absolute atomic E-state index is 0.108. The smallest absolute Gasteiger partial charge is 0.308 e. The molecule has 0 bridgehead atoms. The van der Waals surface area contributed by atoms with Gasteiger partial charge in [0.25, 0.3) is 5.91 Å². The van der Waals surface area contributed by atoms with E-state index in [-0.39, 0.29) is 24.7 Å². The molecule has 0 radical (unpaired) electrons. The van der Waals surface area contributed by atoms with Gasteiger partial charge in [0.2, 0.25) is 11.8 Å². The van der Waals surface area contributed by atoms with Gasteiger partial charge in [-0.05, 0) is 24.6 Å². The Morgan fingerprint density at radius 3 is 2.52 bits per heavy atom. The fourth-order valence-corrected chi connectivity index (χ4v) is 3.59. The minimum Gasteiger partial charge on any atom is -0.455 e. The van der Waals surface area contributed by atoms with Crippen LogP contribution in [0.3, 0.4) is 0 Å². The number of benzene rings is 2. The van der Waals surface area contributed by atoms with Crippen LogP contribution in [0.5, 0.6) is 0 Å². The van der Waals surface area contributed by atoms with E-state index in [1.165, 1.54) is 11.8 Å². The Labute approximate surface area is 180 Å². The van der Waals surface area contributed by atoms with Gasteiger partial charge < -0.3 is 20.3 Å². The van der Waals surface area contributed by atoms with Crippen LogP contribution in [0.2, 0.25) is 0 Å². The molecule has 2 aromatic rings. The van der Waals surface area contributed by atoms with Gasteiger partial charge in [-0.3, -0.25) is 19.2 Å². The number of nitrogens with zero attached hydrogens (tertiary/aromatic N) is 1. The molecular formula is C23H25N3O5. The number of carbonyl (C=O) groups is 4. The minimum atomic E-state index is -0.610. The zero-order valence-electron chi connectivity index (χ0n) is 17.5. The van der Waals surface area contributed by atoms with Gasteiger partial charge in [0, 0.05) is 19.4 Å². The van der Waals surface area contributed by atoms with Gasteiger partial charge >= 0.3 is 5.97 Å². The summed E-state index contributed by atoms with van der Waals surface area (Å²) in [4.78, 5) is 50.4. The van der Waals surface area contributed by atoms with Gasteiger partial charge in [-0.15, -0.1) is 0 Å². The molecule has 0 unspecified atom stereocenters. The summed E-state index contributed by atoms with van der Waals surface area (Å²) in [5.41, 5.74) is 1.86. The second-order valence-corrected chi connectivity index (χ2v) is 7.41. The maximum Gasteiger partial charge on any atom is 0.308 e. The molecule has 0 saturated heterocycles. The Morgan fingerprint density at radius 2 is 1.81 bits per heavy atom. The second-order valence-electron chi connectivity index (χ2n) is 7.41. The van der Waals surface area contributed by atoms with Crippen molar-refractivity contribution < 1.29 is 23.9 Å². The van der Waals surface area contributed by atoms with E-state index >= 15 is 0 Å². The van der Waals surface area contributed by atoms with E-state index in [1.807, 2.05) is 18.2 Å². The average Bonchev–Trinajstić information content (AvgIpc) is 2.86. The first kappa shape index (κ1) is 22.0. The van der Waals surface area contributed by atoms with Gasteiger partial charge in [-0.2, -0.15) is 0 Å². The lowest BCUT2D eigenvalue weighted by atomic mass is 10.0. The molecule has 0 spiro atoms. The third kappa shape index (κ3) is 5.69. The SMILES string of the molecule is CC(=O)N[C@@H](CC(=O)OCC(=O)N1c2ccccc2NC(=O)C[C@H]1C)c1ccccc1. The summed E-state index contributed by atoms with van der Waals surface area (Å²) < 4.78 is 5.23. The van der Waals surface area contributed by atoms with Crippen LogP contribution in [0.1, 0.15) is 38.3 Å². The number of amides is 3. The van der Waals surface area contributed by atoms with E-state index in [1.54, 1.807) is 43.3 Å². The van der Waals surface area contributed by atoms with Crippen LogP contribution in [-0.4, -0.2) is 36.3 Å². The second kappa shape index (κ2) is 9.88. The van der Waals surface area contributed by atoms with Crippen LogP contribution in [-0.2, 0) is 23.9 Å². The molecule has 1 heterocycles. The van der Waals surface area contributed by atoms with Crippen molar-refractivity contribution in [2.75, 3.05) is 16.8 Å². The Kier molecular flexibility index (Phi) is 7.02. The van der Waals surface area contributed by atoms with E-state index < -0.39 is 30.6 Å². The zero-order valence-corrected chi connectivity index (χ0v) is 17.5. The van der Waals surface area contributed by atoms with E-state index in [0.717, 1.165) is 5.56 Å². The molecule has 8 nitrogen and oxygen atoms in total. The Balaban J connectivity index is 1.67. The topological polar surface area (TPSA) is 105 Å². The van der Waals surface area contributed by atoms with Gasteiger partial charge in [0.15, 0.2) is 6.61 Å². The molecule has 1 aliphatic heterocycles. The van der Waals surface area contributed by atoms with Crippen molar-refractivity contribution in [2.45, 2.75) is 38.8 Å². The fourth-order valence-electron chi connectivity index (χ4n) is 3.59. The van der Waals surface area contributed by atoms with Crippen molar-refractivity contribution in [2.24, 2.45) is 0 Å². The van der Waals surface area contributed by atoms with Crippen LogP contribution >= 0.6 is 0 Å². The maximum absolute atomic E-state index is 12.9. The average molecular weight is 423 g/mol. The molecule has 2 N–H and O–H groups in total. The molecule has 0 aromatic heterocycles. The maximum atomic E-state index is 12.9. The van der Waals surface area contributed by atoms with Crippen molar-refractivity contribution >= 4 is 35.1 Å². The molecule has 0 aliphatic carbocycles. The first-order valence-electron chi connectivity index (χ1n) is 10.0. The summed E-state index contributed by atoms with van der Waals surface area (Å²) in [7, 11) is 0. The van der Waals surface area contributed by atoms with Gasteiger partial charge in [0.05, 0.1) is 23.8 Å². The summed E-state index contributed by atoms with van der Waals surface area (Å²) in [6, 6.07) is 15.1. The molecule has 3 rings (SSSR count). The van der Waals surface area contributed by atoms with Crippen molar-refractivity contribution in [3.8, 4) is 0 Å². The first-order valence-corrected chi connectivity index (χ1v) is 10.0. The first-order chi connectivity index (χ1) is 14.8. The summed E-state index contributed by atoms with van der Waals surface area (Å²) in [6.45, 7) is 2.68. The normalized spacial score (nSPS) is 16.4. The molecular weight excluding hydrogens is 398 g/mol. The third-order valence-corrected chi connectivity index (χ3v) is 4.93. The number of fused-ring (bicyclic) bond motifs is 1. The van der Waals surface area contributed by atoms with Crippen molar-refractivity contribution in [1.82, 2.24) is 5.32 Å². The third-order valence-electron chi connectivity index (χ3n) is 4.93. The van der Waals surface area contributed by atoms with E-state index in [0.29, 0.717) is 11.4 Å². The predicted octanol–water partition coefficient (Wildman–Crippen LogP) is 2.56. The van der Waals surface area contributed by atoms with Crippen molar-refractivity contribution in [1.29, 1.82) is 0 Å². The van der Waals surface area contributed by atoms with Crippen LogP contribution in [0, 0.1) is 0 Å². The van der Waals surface area contributed by atoms with Crippen LogP contribution in [0.4, 0.5) is 11.4 Å². The lowest BCUT2D eigenvalue weighted by Gasteiger charge is -2.27. The molecule has 162 valence electrons. The largest absolute Gasteiger partial charge is 0.455 e. The number of rotatable bonds is 6. The monoisotopic (exact) mass is 423 g/mol. The summed E-state index contributed by atoms with van der Waals surface area (Å²) in [6.07, 6.45) is 0.0238. The molecule has 1 aliphatic rings. The molecule has 31 heavy (non-hydrogen) atoms. The van der Waals surface area contributed by atoms with E-state index in [2.05, 4.69) is 10.6 Å². The molecule has 2 atom stereocenters. The standard InChI is InChI=1S/C23H25N3O5/c1-15-12-21(28)25-18-10-6-7-11-20(18)26(15)22(29)14-31-23(30)13-19(24-16(2)27)17-8-4-3-5-9-17/h3-11,15,19H,12-14H2,1-2H3,(H,24,27)(H,25,28)/t15-,19+/m1/s1. The number of para-hydroxylation sites is 2. The zero-order chi connectivity index (χ0) is 22.4.